The van der Waals surface area contributed by atoms with E-state index in [1.165, 1.54) is 0 Å². The molecule has 1 aromatic heterocycles. The lowest BCUT2D eigenvalue weighted by molar-refractivity contribution is 0.0887. The van der Waals surface area contributed by atoms with Crippen LogP contribution in [0.4, 0.5) is 5.82 Å². The SMILES string of the molecule is CCNc1cc(OC(C)COC)nc(CC)n1. The molecule has 1 rings (SSSR count). The van der Waals surface area contributed by atoms with E-state index in [1.807, 2.05) is 26.8 Å². The van der Waals surface area contributed by atoms with Gasteiger partial charge < -0.3 is 14.8 Å². The summed E-state index contributed by atoms with van der Waals surface area (Å²) in [6.45, 7) is 7.37. The highest BCUT2D eigenvalue weighted by Crippen LogP contribution is 2.15. The van der Waals surface area contributed by atoms with Gasteiger partial charge in [-0.3, -0.25) is 0 Å². The predicted octanol–water partition coefficient (Wildman–Crippen LogP) is 1.88. The third kappa shape index (κ3) is 4.56. The van der Waals surface area contributed by atoms with Crippen LogP contribution in [0.5, 0.6) is 5.88 Å². The molecule has 1 unspecified atom stereocenters. The van der Waals surface area contributed by atoms with Gasteiger partial charge in [0.05, 0.1) is 6.61 Å². The summed E-state index contributed by atoms with van der Waals surface area (Å²) >= 11 is 0. The lowest BCUT2D eigenvalue weighted by Gasteiger charge is -2.14. The van der Waals surface area contributed by atoms with E-state index in [9.17, 15) is 0 Å². The van der Waals surface area contributed by atoms with Crippen LogP contribution in [0.1, 0.15) is 26.6 Å². The molecule has 5 nitrogen and oxygen atoms in total. The first-order chi connectivity index (χ1) is 8.19. The Labute approximate surface area is 103 Å². The third-order valence-electron chi connectivity index (χ3n) is 2.15. The van der Waals surface area contributed by atoms with E-state index >= 15 is 0 Å². The van der Waals surface area contributed by atoms with E-state index < -0.39 is 0 Å². The lowest BCUT2D eigenvalue weighted by Crippen LogP contribution is -2.19. The van der Waals surface area contributed by atoms with Crippen molar-refractivity contribution in [2.45, 2.75) is 33.3 Å². The van der Waals surface area contributed by atoms with E-state index in [4.69, 9.17) is 9.47 Å². The van der Waals surface area contributed by atoms with Gasteiger partial charge in [-0.25, -0.2) is 4.98 Å². The van der Waals surface area contributed by atoms with Gasteiger partial charge in [-0.2, -0.15) is 4.98 Å². The lowest BCUT2D eigenvalue weighted by atomic mass is 10.4. The maximum atomic E-state index is 5.67. The number of nitrogens with zero attached hydrogens (tertiary/aromatic N) is 2. The van der Waals surface area contributed by atoms with Crippen molar-refractivity contribution in [2.75, 3.05) is 25.6 Å². The monoisotopic (exact) mass is 239 g/mol. The van der Waals surface area contributed by atoms with Crippen molar-refractivity contribution < 1.29 is 9.47 Å². The predicted molar refractivity (Wildman–Crippen MR) is 67.5 cm³/mol. The molecule has 0 spiro atoms. The van der Waals surface area contributed by atoms with Gasteiger partial charge in [-0.1, -0.05) is 6.92 Å². The summed E-state index contributed by atoms with van der Waals surface area (Å²) < 4.78 is 10.7. The number of hydrogen-bond donors (Lipinski definition) is 1. The van der Waals surface area contributed by atoms with Gasteiger partial charge in [0.25, 0.3) is 0 Å². The third-order valence-corrected chi connectivity index (χ3v) is 2.15. The molecule has 0 aliphatic rings. The van der Waals surface area contributed by atoms with Gasteiger partial charge in [0.15, 0.2) is 0 Å². The van der Waals surface area contributed by atoms with Crippen LogP contribution >= 0.6 is 0 Å². The standard InChI is InChI=1S/C12H21N3O2/c1-5-10-14-11(13-6-2)7-12(15-10)17-9(3)8-16-4/h7,9H,5-6,8H2,1-4H3,(H,13,14,15). The van der Waals surface area contributed by atoms with Gasteiger partial charge in [0, 0.05) is 26.1 Å². The number of methoxy groups -OCH3 is 1. The number of aryl methyl sites for hydroxylation is 1. The fourth-order valence-corrected chi connectivity index (χ4v) is 1.44. The summed E-state index contributed by atoms with van der Waals surface area (Å²) in [5, 5.41) is 3.17. The molecule has 17 heavy (non-hydrogen) atoms. The highest BCUT2D eigenvalue weighted by molar-refractivity contribution is 5.38. The Morgan fingerprint density at radius 2 is 2.12 bits per heavy atom. The highest BCUT2D eigenvalue weighted by atomic mass is 16.5. The summed E-state index contributed by atoms with van der Waals surface area (Å²) in [5.74, 6) is 2.18. The Bertz CT molecular complexity index is 345. The van der Waals surface area contributed by atoms with Crippen molar-refractivity contribution in [3.05, 3.63) is 11.9 Å². The fourth-order valence-electron chi connectivity index (χ4n) is 1.44. The average molecular weight is 239 g/mol. The Balaban J connectivity index is 2.79. The van der Waals surface area contributed by atoms with Crippen LogP contribution in [0.2, 0.25) is 0 Å². The number of anilines is 1. The minimum absolute atomic E-state index is 0.0194. The van der Waals surface area contributed by atoms with Crippen LogP contribution in [-0.2, 0) is 11.2 Å². The van der Waals surface area contributed by atoms with Crippen molar-refractivity contribution >= 4 is 5.82 Å². The van der Waals surface area contributed by atoms with E-state index in [-0.39, 0.29) is 6.10 Å². The second-order valence-corrected chi connectivity index (χ2v) is 3.78. The Kier molecular flexibility index (Phi) is 5.69. The fraction of sp³-hybridized carbons (Fsp3) is 0.667. The largest absolute Gasteiger partial charge is 0.472 e. The molecule has 0 saturated carbocycles. The Hall–Kier alpha value is -1.36. The van der Waals surface area contributed by atoms with Crippen LogP contribution in [0, 0.1) is 0 Å². The van der Waals surface area contributed by atoms with Crippen LogP contribution in [0.25, 0.3) is 0 Å². The van der Waals surface area contributed by atoms with Gasteiger partial charge >= 0.3 is 0 Å². The van der Waals surface area contributed by atoms with Gasteiger partial charge in [0.2, 0.25) is 5.88 Å². The van der Waals surface area contributed by atoms with E-state index in [0.29, 0.717) is 12.5 Å². The molecular weight excluding hydrogens is 218 g/mol. The first-order valence-corrected chi connectivity index (χ1v) is 5.97. The van der Waals surface area contributed by atoms with Crippen LogP contribution < -0.4 is 10.1 Å². The van der Waals surface area contributed by atoms with Crippen LogP contribution in [-0.4, -0.2) is 36.3 Å². The smallest absolute Gasteiger partial charge is 0.219 e. The van der Waals surface area contributed by atoms with Crippen LogP contribution in [0.3, 0.4) is 0 Å². The van der Waals surface area contributed by atoms with E-state index in [2.05, 4.69) is 15.3 Å². The molecule has 0 amide bonds. The quantitative estimate of drug-likeness (QED) is 0.787. The number of rotatable bonds is 7. The number of hydrogen-bond acceptors (Lipinski definition) is 5. The molecule has 0 saturated heterocycles. The first-order valence-electron chi connectivity index (χ1n) is 5.97. The summed E-state index contributed by atoms with van der Waals surface area (Å²) in [6, 6.07) is 1.81. The van der Waals surface area contributed by atoms with E-state index in [0.717, 1.165) is 24.6 Å². The zero-order valence-corrected chi connectivity index (χ0v) is 11.0. The molecule has 0 aliphatic carbocycles. The minimum atomic E-state index is -0.0194. The molecular formula is C12H21N3O2. The molecule has 1 aromatic rings. The summed E-state index contributed by atoms with van der Waals surface area (Å²) in [5.41, 5.74) is 0. The molecule has 0 fully saturated rings. The molecule has 1 N–H and O–H groups in total. The average Bonchev–Trinajstić information content (AvgIpc) is 2.29. The Morgan fingerprint density at radius 1 is 1.35 bits per heavy atom. The molecule has 0 aliphatic heterocycles. The van der Waals surface area contributed by atoms with Gasteiger partial charge in [-0.05, 0) is 13.8 Å². The van der Waals surface area contributed by atoms with Crippen molar-refractivity contribution in [1.29, 1.82) is 0 Å². The van der Waals surface area contributed by atoms with Gasteiger partial charge in [0.1, 0.15) is 17.7 Å². The normalized spacial score (nSPS) is 12.2. The highest BCUT2D eigenvalue weighted by Gasteiger charge is 2.08. The van der Waals surface area contributed by atoms with Crippen molar-refractivity contribution in [3.63, 3.8) is 0 Å². The van der Waals surface area contributed by atoms with E-state index in [1.54, 1.807) is 7.11 Å². The second-order valence-electron chi connectivity index (χ2n) is 3.78. The number of nitrogens with one attached hydrogen (secondary N) is 1. The van der Waals surface area contributed by atoms with Crippen molar-refractivity contribution in [2.24, 2.45) is 0 Å². The number of ether oxygens (including phenoxy) is 2. The molecule has 1 heterocycles. The van der Waals surface area contributed by atoms with Gasteiger partial charge in [-0.15, -0.1) is 0 Å². The van der Waals surface area contributed by atoms with Crippen molar-refractivity contribution in [3.8, 4) is 5.88 Å². The first kappa shape index (κ1) is 13.7. The second kappa shape index (κ2) is 7.06. The summed E-state index contributed by atoms with van der Waals surface area (Å²) in [7, 11) is 1.65. The maximum absolute atomic E-state index is 5.67. The molecule has 0 radical (unpaired) electrons. The topological polar surface area (TPSA) is 56.3 Å². The Morgan fingerprint density at radius 3 is 2.71 bits per heavy atom. The van der Waals surface area contributed by atoms with Crippen molar-refractivity contribution in [1.82, 2.24) is 9.97 Å². The summed E-state index contributed by atoms with van der Waals surface area (Å²) in [6.07, 6.45) is 0.767. The molecule has 1 atom stereocenters. The van der Waals surface area contributed by atoms with Crippen LogP contribution in [0.15, 0.2) is 6.07 Å². The zero-order chi connectivity index (χ0) is 12.7. The molecule has 0 aromatic carbocycles. The molecule has 5 heteroatoms. The number of aromatic nitrogens is 2. The maximum Gasteiger partial charge on any atom is 0.219 e. The zero-order valence-electron chi connectivity index (χ0n) is 11.0. The summed E-state index contributed by atoms with van der Waals surface area (Å²) in [4.78, 5) is 8.69. The molecule has 0 bridgehead atoms. The minimum Gasteiger partial charge on any atom is -0.472 e. The molecule has 96 valence electrons.